The Balaban J connectivity index is 1.41. The highest BCUT2D eigenvalue weighted by Crippen LogP contribution is 2.24. The van der Waals surface area contributed by atoms with Gasteiger partial charge in [0.05, 0.1) is 16.3 Å². The molecule has 10 heteroatoms. The third-order valence-electron chi connectivity index (χ3n) is 4.85. The van der Waals surface area contributed by atoms with Crippen molar-refractivity contribution in [1.29, 1.82) is 0 Å². The number of aromatic nitrogens is 2. The highest BCUT2D eigenvalue weighted by atomic mass is 32.2. The Kier molecular flexibility index (Phi) is 6.40. The number of halogens is 1. The largest absolute Gasteiger partial charge is 0.325 e. The first kappa shape index (κ1) is 21.5. The summed E-state index contributed by atoms with van der Waals surface area (Å²) in [6, 6.07) is 12.4. The van der Waals surface area contributed by atoms with E-state index in [1.165, 1.54) is 40.3 Å². The zero-order valence-electron chi connectivity index (χ0n) is 16.6. The Hall–Kier alpha value is -2.69. The third-order valence-corrected chi connectivity index (χ3v) is 7.71. The number of hydrogen-bond acceptors (Lipinski definition) is 5. The van der Waals surface area contributed by atoms with Gasteiger partial charge in [0.15, 0.2) is 5.16 Å². The van der Waals surface area contributed by atoms with Gasteiger partial charge in [0.1, 0.15) is 5.82 Å². The maximum absolute atomic E-state index is 13.5. The van der Waals surface area contributed by atoms with Crippen LogP contribution >= 0.6 is 11.8 Å². The van der Waals surface area contributed by atoms with Gasteiger partial charge in [-0.1, -0.05) is 23.9 Å². The van der Waals surface area contributed by atoms with E-state index < -0.39 is 10.0 Å². The van der Waals surface area contributed by atoms with Gasteiger partial charge in [-0.05, 0) is 49.2 Å². The molecular weight excluding hydrogens is 439 g/mol. The van der Waals surface area contributed by atoms with Crippen LogP contribution in [0.25, 0.3) is 5.69 Å². The van der Waals surface area contributed by atoms with E-state index in [-0.39, 0.29) is 22.4 Å². The van der Waals surface area contributed by atoms with Crippen LogP contribution in [0.15, 0.2) is 71.0 Å². The summed E-state index contributed by atoms with van der Waals surface area (Å²) < 4.78 is 42.1. The van der Waals surface area contributed by atoms with Crippen molar-refractivity contribution in [3.05, 3.63) is 66.7 Å². The normalized spacial score (nSPS) is 14.6. The van der Waals surface area contributed by atoms with Gasteiger partial charge in [0.2, 0.25) is 15.9 Å². The van der Waals surface area contributed by atoms with Gasteiger partial charge in [-0.2, -0.15) is 4.31 Å². The first-order valence-corrected chi connectivity index (χ1v) is 12.2. The maximum atomic E-state index is 13.5. The molecule has 0 atom stereocenters. The van der Waals surface area contributed by atoms with E-state index in [2.05, 4.69) is 10.3 Å². The molecular formula is C21H21FN4O3S2. The van der Waals surface area contributed by atoms with Gasteiger partial charge in [-0.3, -0.25) is 9.36 Å². The van der Waals surface area contributed by atoms with E-state index >= 15 is 0 Å². The molecule has 0 bridgehead atoms. The SMILES string of the molecule is O=C(CSc1nccn1-c1cccc(F)c1)Nc1cccc(S(=O)(=O)N2CCCC2)c1. The Morgan fingerprint density at radius 1 is 1.13 bits per heavy atom. The minimum absolute atomic E-state index is 0.0649. The molecule has 0 saturated carbocycles. The lowest BCUT2D eigenvalue weighted by atomic mass is 10.3. The van der Waals surface area contributed by atoms with E-state index in [9.17, 15) is 17.6 Å². The summed E-state index contributed by atoms with van der Waals surface area (Å²) in [5, 5.41) is 3.28. The Labute approximate surface area is 184 Å². The van der Waals surface area contributed by atoms with Crippen LogP contribution in [0.5, 0.6) is 0 Å². The van der Waals surface area contributed by atoms with Gasteiger partial charge in [-0.15, -0.1) is 0 Å². The van der Waals surface area contributed by atoms with Gasteiger partial charge < -0.3 is 5.32 Å². The smallest absolute Gasteiger partial charge is 0.243 e. The summed E-state index contributed by atoms with van der Waals surface area (Å²) in [4.78, 5) is 16.8. The monoisotopic (exact) mass is 460 g/mol. The number of nitrogens with one attached hydrogen (secondary N) is 1. The second kappa shape index (κ2) is 9.21. The molecule has 4 rings (SSSR count). The van der Waals surface area contributed by atoms with Gasteiger partial charge in [0, 0.05) is 31.2 Å². The number of amides is 1. The van der Waals surface area contributed by atoms with Gasteiger partial charge >= 0.3 is 0 Å². The molecule has 1 amide bonds. The maximum Gasteiger partial charge on any atom is 0.243 e. The van der Waals surface area contributed by atoms with E-state index in [0.29, 0.717) is 29.6 Å². The molecule has 2 heterocycles. The van der Waals surface area contributed by atoms with Crippen LogP contribution in [0.4, 0.5) is 10.1 Å². The van der Waals surface area contributed by atoms with Crippen molar-refractivity contribution < 1.29 is 17.6 Å². The van der Waals surface area contributed by atoms with Crippen LogP contribution in [-0.2, 0) is 14.8 Å². The number of benzene rings is 2. The summed E-state index contributed by atoms with van der Waals surface area (Å²) in [5.74, 6) is -0.590. The van der Waals surface area contributed by atoms with Crippen molar-refractivity contribution in [2.24, 2.45) is 0 Å². The number of carbonyl (C=O) groups excluding carboxylic acids is 1. The lowest BCUT2D eigenvalue weighted by molar-refractivity contribution is -0.113. The molecule has 162 valence electrons. The minimum atomic E-state index is -3.55. The summed E-state index contributed by atoms with van der Waals surface area (Å²) in [7, 11) is -3.55. The quantitative estimate of drug-likeness (QED) is 0.546. The number of anilines is 1. The highest BCUT2D eigenvalue weighted by molar-refractivity contribution is 7.99. The zero-order valence-corrected chi connectivity index (χ0v) is 18.2. The summed E-state index contributed by atoms with van der Waals surface area (Å²) in [5.41, 5.74) is 1.03. The van der Waals surface area contributed by atoms with Crippen LogP contribution in [0.2, 0.25) is 0 Å². The van der Waals surface area contributed by atoms with Crippen molar-refractivity contribution in [2.75, 3.05) is 24.2 Å². The molecule has 0 unspecified atom stereocenters. The van der Waals surface area contributed by atoms with Crippen LogP contribution in [0.1, 0.15) is 12.8 Å². The van der Waals surface area contributed by atoms with Crippen LogP contribution in [0, 0.1) is 5.82 Å². The molecule has 1 aliphatic rings. The number of imidazole rings is 1. The summed E-state index contributed by atoms with van der Waals surface area (Å²) in [6.45, 7) is 1.04. The molecule has 1 saturated heterocycles. The van der Waals surface area contributed by atoms with Crippen molar-refractivity contribution in [3.63, 3.8) is 0 Å². The van der Waals surface area contributed by atoms with Crippen molar-refractivity contribution in [2.45, 2.75) is 22.9 Å². The molecule has 0 radical (unpaired) electrons. The van der Waals surface area contributed by atoms with Crippen molar-refractivity contribution in [1.82, 2.24) is 13.9 Å². The standard InChI is InChI=1S/C21H21FN4O3S2/c22-16-5-3-7-18(13-16)26-12-9-23-21(26)30-15-20(27)24-17-6-4-8-19(14-17)31(28,29)25-10-1-2-11-25/h3-9,12-14H,1-2,10-11,15H2,(H,24,27). The molecule has 1 fully saturated rings. The topological polar surface area (TPSA) is 84.3 Å². The molecule has 0 aliphatic carbocycles. The highest BCUT2D eigenvalue weighted by Gasteiger charge is 2.27. The van der Waals surface area contributed by atoms with Crippen LogP contribution in [0.3, 0.4) is 0 Å². The number of hydrogen-bond donors (Lipinski definition) is 1. The zero-order chi connectivity index (χ0) is 21.8. The second-order valence-corrected chi connectivity index (χ2v) is 9.92. The fourth-order valence-corrected chi connectivity index (χ4v) is 5.69. The van der Waals surface area contributed by atoms with E-state index in [1.807, 2.05) is 0 Å². The van der Waals surface area contributed by atoms with Crippen LogP contribution in [-0.4, -0.2) is 47.0 Å². The third kappa shape index (κ3) is 4.97. The molecule has 7 nitrogen and oxygen atoms in total. The van der Waals surface area contributed by atoms with E-state index in [0.717, 1.165) is 12.8 Å². The lowest BCUT2D eigenvalue weighted by Gasteiger charge is -2.16. The average Bonchev–Trinajstić information content (AvgIpc) is 3.45. The summed E-state index contributed by atoms with van der Waals surface area (Å²) in [6.07, 6.45) is 5.00. The fourth-order valence-electron chi connectivity index (χ4n) is 3.36. The number of nitrogens with zero attached hydrogens (tertiary/aromatic N) is 3. The Morgan fingerprint density at radius 3 is 2.68 bits per heavy atom. The van der Waals surface area contributed by atoms with E-state index in [4.69, 9.17) is 0 Å². The minimum Gasteiger partial charge on any atom is -0.325 e. The predicted molar refractivity (Wildman–Crippen MR) is 117 cm³/mol. The molecule has 0 spiro atoms. The number of rotatable bonds is 7. The number of thioether (sulfide) groups is 1. The van der Waals surface area contributed by atoms with Crippen LogP contribution < -0.4 is 5.32 Å². The van der Waals surface area contributed by atoms with Crippen molar-refractivity contribution >= 4 is 33.4 Å². The Morgan fingerprint density at radius 2 is 1.90 bits per heavy atom. The summed E-state index contributed by atoms with van der Waals surface area (Å²) >= 11 is 1.20. The first-order chi connectivity index (χ1) is 14.9. The predicted octanol–water partition coefficient (Wildman–Crippen LogP) is 3.53. The average molecular weight is 461 g/mol. The number of sulfonamides is 1. The Bertz CT molecular complexity index is 1190. The lowest BCUT2D eigenvalue weighted by Crippen LogP contribution is -2.28. The van der Waals surface area contributed by atoms with Gasteiger partial charge in [0.25, 0.3) is 0 Å². The molecule has 31 heavy (non-hydrogen) atoms. The molecule has 1 N–H and O–H groups in total. The fraction of sp³-hybridized carbons (Fsp3) is 0.238. The van der Waals surface area contributed by atoms with Gasteiger partial charge in [-0.25, -0.2) is 17.8 Å². The van der Waals surface area contributed by atoms with Crippen molar-refractivity contribution in [3.8, 4) is 5.69 Å². The number of carbonyl (C=O) groups is 1. The molecule has 1 aromatic heterocycles. The molecule has 3 aromatic rings. The molecule has 2 aromatic carbocycles. The van der Waals surface area contributed by atoms with E-state index in [1.54, 1.807) is 41.2 Å². The first-order valence-electron chi connectivity index (χ1n) is 9.76. The molecule has 1 aliphatic heterocycles. The second-order valence-electron chi connectivity index (χ2n) is 7.04.